The third-order valence-electron chi connectivity index (χ3n) is 3.75. The summed E-state index contributed by atoms with van der Waals surface area (Å²) < 4.78 is 5.53. The van der Waals surface area contributed by atoms with Gasteiger partial charge in [0, 0.05) is 13.1 Å². The maximum absolute atomic E-state index is 12.1. The largest absolute Gasteiger partial charge is 0.481 e. The number of hydrogen-bond donors (Lipinski definition) is 1. The first kappa shape index (κ1) is 12.4. The lowest BCUT2D eigenvalue weighted by atomic mass is 9.99. The summed E-state index contributed by atoms with van der Waals surface area (Å²) in [7, 11) is 0. The number of carboxylic acid groups (broad SMARTS) is 1. The van der Waals surface area contributed by atoms with E-state index in [-0.39, 0.29) is 24.0 Å². The highest BCUT2D eigenvalue weighted by molar-refractivity contribution is 5.83. The smallest absolute Gasteiger partial charge is 0.308 e. The second-order valence-corrected chi connectivity index (χ2v) is 5.18. The van der Waals surface area contributed by atoms with Crippen LogP contribution in [-0.2, 0) is 14.3 Å². The number of ether oxygens (including phenoxy) is 1. The van der Waals surface area contributed by atoms with Gasteiger partial charge < -0.3 is 14.7 Å². The van der Waals surface area contributed by atoms with Crippen LogP contribution in [0.1, 0.15) is 26.7 Å². The molecule has 17 heavy (non-hydrogen) atoms. The molecule has 1 amide bonds. The number of amides is 1. The van der Waals surface area contributed by atoms with Crippen LogP contribution >= 0.6 is 0 Å². The van der Waals surface area contributed by atoms with Gasteiger partial charge in [0.05, 0.1) is 12.0 Å². The lowest BCUT2D eigenvalue weighted by Crippen LogP contribution is -2.38. The van der Waals surface area contributed by atoms with Crippen molar-refractivity contribution in [1.29, 1.82) is 0 Å². The molecule has 0 aromatic heterocycles. The van der Waals surface area contributed by atoms with Crippen LogP contribution in [0.3, 0.4) is 0 Å². The van der Waals surface area contributed by atoms with Gasteiger partial charge in [0.15, 0.2) is 0 Å². The highest BCUT2D eigenvalue weighted by Crippen LogP contribution is 2.27. The molecule has 2 aliphatic heterocycles. The van der Waals surface area contributed by atoms with Gasteiger partial charge in [-0.2, -0.15) is 0 Å². The zero-order chi connectivity index (χ0) is 12.6. The number of nitrogens with zero attached hydrogens (tertiary/aromatic N) is 1. The van der Waals surface area contributed by atoms with Crippen LogP contribution in [0.4, 0.5) is 0 Å². The minimum atomic E-state index is -0.812. The van der Waals surface area contributed by atoms with Gasteiger partial charge in [0.2, 0.25) is 0 Å². The summed E-state index contributed by atoms with van der Waals surface area (Å²) in [5.41, 5.74) is 0. The molecule has 2 rings (SSSR count). The minimum absolute atomic E-state index is 0.0234. The van der Waals surface area contributed by atoms with E-state index in [9.17, 15) is 9.59 Å². The van der Waals surface area contributed by atoms with E-state index in [0.29, 0.717) is 13.1 Å². The molecule has 2 fully saturated rings. The van der Waals surface area contributed by atoms with Crippen molar-refractivity contribution in [2.45, 2.75) is 38.9 Å². The number of carboxylic acids is 1. The van der Waals surface area contributed by atoms with Crippen molar-refractivity contribution < 1.29 is 19.4 Å². The summed E-state index contributed by atoms with van der Waals surface area (Å²) in [4.78, 5) is 24.7. The van der Waals surface area contributed by atoms with Crippen LogP contribution in [0.2, 0.25) is 0 Å². The molecule has 5 heteroatoms. The van der Waals surface area contributed by atoms with Crippen LogP contribution < -0.4 is 0 Å². The van der Waals surface area contributed by atoms with Gasteiger partial charge in [-0.3, -0.25) is 9.59 Å². The predicted octanol–water partition coefficient (Wildman–Crippen LogP) is 0.733. The molecule has 0 aromatic rings. The van der Waals surface area contributed by atoms with Crippen molar-refractivity contribution in [3.63, 3.8) is 0 Å². The van der Waals surface area contributed by atoms with E-state index in [4.69, 9.17) is 9.84 Å². The fourth-order valence-electron chi connectivity index (χ4n) is 2.66. The average molecular weight is 241 g/mol. The molecule has 0 aromatic carbocycles. The molecule has 2 unspecified atom stereocenters. The fraction of sp³-hybridized carbons (Fsp3) is 0.833. The Morgan fingerprint density at radius 3 is 2.41 bits per heavy atom. The molecule has 0 spiro atoms. The number of likely N-dealkylation sites (tertiary alicyclic amines) is 1. The van der Waals surface area contributed by atoms with Gasteiger partial charge >= 0.3 is 5.97 Å². The summed E-state index contributed by atoms with van der Waals surface area (Å²) >= 11 is 0. The molecule has 0 aliphatic carbocycles. The maximum Gasteiger partial charge on any atom is 0.308 e. The molecule has 2 heterocycles. The third kappa shape index (κ3) is 2.44. The second kappa shape index (κ2) is 4.64. The molecule has 0 bridgehead atoms. The van der Waals surface area contributed by atoms with Gasteiger partial charge in [-0.05, 0) is 25.7 Å². The Kier molecular flexibility index (Phi) is 3.38. The Hall–Kier alpha value is -1.10. The number of hydrogen-bond acceptors (Lipinski definition) is 3. The zero-order valence-electron chi connectivity index (χ0n) is 10.3. The van der Waals surface area contributed by atoms with E-state index in [1.165, 1.54) is 0 Å². The van der Waals surface area contributed by atoms with E-state index >= 15 is 0 Å². The SMILES string of the molecule is CC1CCC(C(=O)N2C[C@@H](C)[C@H](C(=O)O)C2)O1. The topological polar surface area (TPSA) is 66.8 Å². The molecule has 4 atom stereocenters. The normalized spacial score (nSPS) is 37.4. The molecule has 1 N–H and O–H groups in total. The Bertz CT molecular complexity index is 330. The van der Waals surface area contributed by atoms with Gasteiger partial charge in [0.1, 0.15) is 6.10 Å². The van der Waals surface area contributed by atoms with Crippen molar-refractivity contribution in [2.75, 3.05) is 13.1 Å². The molecule has 2 saturated heterocycles. The van der Waals surface area contributed by atoms with Crippen LogP contribution in [0, 0.1) is 11.8 Å². The highest BCUT2D eigenvalue weighted by Gasteiger charge is 2.40. The molecule has 0 saturated carbocycles. The summed E-state index contributed by atoms with van der Waals surface area (Å²) in [6, 6.07) is 0. The highest BCUT2D eigenvalue weighted by atomic mass is 16.5. The minimum Gasteiger partial charge on any atom is -0.481 e. The summed E-state index contributed by atoms with van der Waals surface area (Å²) in [5, 5.41) is 9.02. The zero-order valence-corrected chi connectivity index (χ0v) is 10.3. The second-order valence-electron chi connectivity index (χ2n) is 5.18. The van der Waals surface area contributed by atoms with Crippen molar-refractivity contribution >= 4 is 11.9 Å². The fourth-order valence-corrected chi connectivity index (χ4v) is 2.66. The lowest BCUT2D eigenvalue weighted by Gasteiger charge is -2.20. The summed E-state index contributed by atoms with van der Waals surface area (Å²) in [5.74, 6) is -1.26. The van der Waals surface area contributed by atoms with Crippen molar-refractivity contribution in [1.82, 2.24) is 4.90 Å². The number of aliphatic carboxylic acids is 1. The molecule has 0 radical (unpaired) electrons. The van der Waals surface area contributed by atoms with Gasteiger partial charge in [-0.15, -0.1) is 0 Å². The predicted molar refractivity (Wildman–Crippen MR) is 60.4 cm³/mol. The van der Waals surface area contributed by atoms with Crippen LogP contribution in [0.5, 0.6) is 0 Å². The third-order valence-corrected chi connectivity index (χ3v) is 3.75. The van der Waals surface area contributed by atoms with Gasteiger partial charge in [-0.1, -0.05) is 6.92 Å². The summed E-state index contributed by atoms with van der Waals surface area (Å²) in [6.07, 6.45) is 1.44. The Morgan fingerprint density at radius 1 is 1.24 bits per heavy atom. The molecule has 96 valence electrons. The number of rotatable bonds is 2. The standard InChI is InChI=1S/C12H19NO4/c1-7-5-13(6-9(7)12(15)16)11(14)10-4-3-8(2)17-10/h7-10H,3-6H2,1-2H3,(H,15,16)/t7-,8?,9-,10?/m1/s1. The van der Waals surface area contributed by atoms with Crippen molar-refractivity contribution in [3.8, 4) is 0 Å². The lowest BCUT2D eigenvalue weighted by molar-refractivity contribution is -0.143. The monoisotopic (exact) mass is 241 g/mol. The van der Waals surface area contributed by atoms with Gasteiger partial charge in [0.25, 0.3) is 5.91 Å². The number of carbonyl (C=O) groups excluding carboxylic acids is 1. The van der Waals surface area contributed by atoms with E-state index in [1.54, 1.807) is 4.90 Å². The molecular weight excluding hydrogens is 222 g/mol. The van der Waals surface area contributed by atoms with E-state index in [1.807, 2.05) is 13.8 Å². The van der Waals surface area contributed by atoms with Gasteiger partial charge in [-0.25, -0.2) is 0 Å². The summed E-state index contributed by atoms with van der Waals surface area (Å²) in [6.45, 7) is 4.69. The van der Waals surface area contributed by atoms with Crippen LogP contribution in [0.15, 0.2) is 0 Å². The Labute approximate surface area is 101 Å². The Morgan fingerprint density at radius 2 is 1.94 bits per heavy atom. The molecule has 2 aliphatic rings. The first-order chi connectivity index (χ1) is 7.99. The van der Waals surface area contributed by atoms with E-state index in [0.717, 1.165) is 12.8 Å². The quantitative estimate of drug-likeness (QED) is 0.774. The first-order valence-electron chi connectivity index (χ1n) is 6.16. The average Bonchev–Trinajstić information content (AvgIpc) is 2.83. The van der Waals surface area contributed by atoms with Crippen molar-refractivity contribution in [2.24, 2.45) is 11.8 Å². The van der Waals surface area contributed by atoms with Crippen LogP contribution in [-0.4, -0.2) is 47.2 Å². The molecular formula is C12H19NO4. The van der Waals surface area contributed by atoms with E-state index in [2.05, 4.69) is 0 Å². The number of carbonyl (C=O) groups is 2. The molecule has 5 nitrogen and oxygen atoms in total. The maximum atomic E-state index is 12.1. The Balaban J connectivity index is 1.96. The first-order valence-corrected chi connectivity index (χ1v) is 6.16. The van der Waals surface area contributed by atoms with E-state index < -0.39 is 11.9 Å². The van der Waals surface area contributed by atoms with Crippen molar-refractivity contribution in [3.05, 3.63) is 0 Å². The van der Waals surface area contributed by atoms with Crippen LogP contribution in [0.25, 0.3) is 0 Å².